The monoisotopic (exact) mass is 361 g/mol. The summed E-state index contributed by atoms with van der Waals surface area (Å²) in [4.78, 5) is 14.1. The van der Waals surface area contributed by atoms with Gasteiger partial charge in [0.15, 0.2) is 11.6 Å². The maximum absolute atomic E-state index is 13.3. The molecule has 0 spiro atoms. The number of anilines is 1. The van der Waals surface area contributed by atoms with Crippen LogP contribution >= 0.6 is 0 Å². The van der Waals surface area contributed by atoms with E-state index in [1.165, 1.54) is 12.1 Å². The number of carbonyl (C=O) groups excluding carboxylic acids is 1. The lowest BCUT2D eigenvalue weighted by atomic mass is 10.3. The third-order valence-electron chi connectivity index (χ3n) is 2.72. The average Bonchev–Trinajstić information content (AvgIpc) is 2.49. The molecule has 0 unspecified atom stereocenters. The van der Waals surface area contributed by atoms with Crippen molar-refractivity contribution in [3.05, 3.63) is 47.9 Å². The fourth-order valence-electron chi connectivity index (χ4n) is 1.63. The number of benzene rings is 1. The summed E-state index contributed by atoms with van der Waals surface area (Å²) in [6.45, 7) is -3.31. The molecule has 3 N–H and O–H groups in total. The Morgan fingerprint density at radius 3 is 2.50 bits per heavy atom. The summed E-state index contributed by atoms with van der Waals surface area (Å²) in [6.07, 6.45) is 1.05. The van der Waals surface area contributed by atoms with Crippen LogP contribution in [0.25, 0.3) is 0 Å². The first-order valence-electron chi connectivity index (χ1n) is 6.22. The number of nitrogens with one attached hydrogen (secondary N) is 1. The van der Waals surface area contributed by atoms with E-state index in [0.29, 0.717) is 12.1 Å². The Kier molecular flexibility index (Phi) is 4.93. The van der Waals surface area contributed by atoms with Gasteiger partial charge in [-0.1, -0.05) is 0 Å². The van der Waals surface area contributed by atoms with Crippen LogP contribution in [0.5, 0.6) is 5.75 Å². The largest absolute Gasteiger partial charge is 0.432 e. The van der Waals surface area contributed by atoms with Crippen molar-refractivity contribution < 1.29 is 31.1 Å². The number of halogens is 3. The molecule has 2 aromatic rings. The Morgan fingerprint density at radius 1 is 1.25 bits per heavy atom. The number of primary amides is 1. The molecule has 0 atom stereocenters. The quantitative estimate of drug-likeness (QED) is 0.814. The van der Waals surface area contributed by atoms with Gasteiger partial charge in [0.1, 0.15) is 5.82 Å². The Balaban J connectivity index is 2.28. The summed E-state index contributed by atoms with van der Waals surface area (Å²) < 4.78 is 68.0. The zero-order valence-electron chi connectivity index (χ0n) is 11.7. The number of nitrogens with two attached hydrogens (primary N) is 1. The molecular formula is C13H10F3N3O4S. The van der Waals surface area contributed by atoms with Gasteiger partial charge >= 0.3 is 6.61 Å². The number of ether oxygens (including phenoxy) is 1. The fourth-order valence-corrected chi connectivity index (χ4v) is 2.66. The molecule has 0 aliphatic carbocycles. The summed E-state index contributed by atoms with van der Waals surface area (Å²) in [5.74, 6) is -2.95. The van der Waals surface area contributed by atoms with Crippen molar-refractivity contribution in [3.8, 4) is 5.75 Å². The molecule has 0 aliphatic rings. The molecule has 2 rings (SSSR count). The number of nitrogens with zero attached hydrogens (tertiary/aromatic N) is 1. The first-order valence-corrected chi connectivity index (χ1v) is 7.70. The second-order valence-electron chi connectivity index (χ2n) is 4.37. The van der Waals surface area contributed by atoms with Crippen LogP contribution in [0.4, 0.5) is 19.0 Å². The van der Waals surface area contributed by atoms with Gasteiger partial charge in [0.05, 0.1) is 10.5 Å². The number of pyridine rings is 1. The van der Waals surface area contributed by atoms with Gasteiger partial charge in [-0.2, -0.15) is 8.78 Å². The number of rotatable bonds is 6. The Hall–Kier alpha value is -2.82. The van der Waals surface area contributed by atoms with Crippen LogP contribution in [-0.2, 0) is 10.0 Å². The molecule has 0 fully saturated rings. The van der Waals surface area contributed by atoms with Gasteiger partial charge in [0, 0.05) is 12.3 Å². The highest BCUT2D eigenvalue weighted by molar-refractivity contribution is 7.92. The van der Waals surface area contributed by atoms with E-state index in [0.717, 1.165) is 12.3 Å². The Morgan fingerprint density at radius 2 is 1.96 bits per heavy atom. The van der Waals surface area contributed by atoms with Crippen molar-refractivity contribution in [2.45, 2.75) is 11.5 Å². The van der Waals surface area contributed by atoms with Crippen LogP contribution in [-0.4, -0.2) is 25.9 Å². The Bertz CT molecular complexity index is 857. The zero-order valence-corrected chi connectivity index (χ0v) is 12.6. The molecule has 0 saturated carbocycles. The fraction of sp³-hybridized carbons (Fsp3) is 0.0769. The van der Waals surface area contributed by atoms with Crippen LogP contribution in [0.2, 0.25) is 0 Å². The SMILES string of the molecule is NC(=O)c1ccc(NS(=O)(=O)c2ccc(F)c(OC(F)F)c2)nc1. The van der Waals surface area contributed by atoms with Crippen molar-refractivity contribution in [3.63, 3.8) is 0 Å². The molecule has 7 nitrogen and oxygen atoms in total. The number of hydrogen-bond acceptors (Lipinski definition) is 5. The van der Waals surface area contributed by atoms with Gasteiger partial charge in [0.2, 0.25) is 5.91 Å². The molecular weight excluding hydrogens is 351 g/mol. The van der Waals surface area contributed by atoms with Gasteiger partial charge in [-0.05, 0) is 24.3 Å². The van der Waals surface area contributed by atoms with Crippen molar-refractivity contribution in [2.24, 2.45) is 5.73 Å². The number of amides is 1. The van der Waals surface area contributed by atoms with E-state index in [-0.39, 0.29) is 11.4 Å². The van der Waals surface area contributed by atoms with E-state index in [1.807, 2.05) is 4.72 Å². The molecule has 24 heavy (non-hydrogen) atoms. The summed E-state index contributed by atoms with van der Waals surface area (Å²) in [5.41, 5.74) is 5.09. The minimum atomic E-state index is -4.24. The molecule has 0 bridgehead atoms. The summed E-state index contributed by atoms with van der Waals surface area (Å²) >= 11 is 0. The highest BCUT2D eigenvalue weighted by Crippen LogP contribution is 2.24. The molecule has 0 aliphatic heterocycles. The first-order chi connectivity index (χ1) is 11.2. The maximum atomic E-state index is 13.3. The molecule has 0 saturated heterocycles. The minimum Gasteiger partial charge on any atom is -0.432 e. The van der Waals surface area contributed by atoms with Gasteiger partial charge < -0.3 is 10.5 Å². The van der Waals surface area contributed by atoms with E-state index in [1.54, 1.807) is 0 Å². The molecule has 1 aromatic heterocycles. The van der Waals surface area contributed by atoms with Crippen LogP contribution in [0.15, 0.2) is 41.4 Å². The first kappa shape index (κ1) is 17.5. The lowest BCUT2D eigenvalue weighted by Gasteiger charge is -2.10. The van der Waals surface area contributed by atoms with Crippen LogP contribution in [0.3, 0.4) is 0 Å². The lowest BCUT2D eigenvalue weighted by Crippen LogP contribution is -2.16. The van der Waals surface area contributed by atoms with Crippen LogP contribution < -0.4 is 15.2 Å². The molecule has 1 amide bonds. The predicted octanol–water partition coefficient (Wildman–Crippen LogP) is 1.72. The third-order valence-corrected chi connectivity index (χ3v) is 4.07. The van der Waals surface area contributed by atoms with Crippen LogP contribution in [0.1, 0.15) is 10.4 Å². The Labute approximate surface area is 134 Å². The smallest absolute Gasteiger partial charge is 0.387 e. The van der Waals surface area contributed by atoms with Crippen molar-refractivity contribution >= 4 is 21.7 Å². The van der Waals surface area contributed by atoms with Gasteiger partial charge in [-0.3, -0.25) is 9.52 Å². The summed E-state index contributed by atoms with van der Waals surface area (Å²) in [5, 5.41) is 0. The molecule has 0 radical (unpaired) electrons. The van der Waals surface area contributed by atoms with E-state index in [9.17, 15) is 26.4 Å². The van der Waals surface area contributed by atoms with Crippen molar-refractivity contribution in [1.29, 1.82) is 0 Å². The number of carbonyl (C=O) groups is 1. The van der Waals surface area contributed by atoms with Crippen molar-refractivity contribution in [1.82, 2.24) is 4.98 Å². The van der Waals surface area contributed by atoms with Crippen LogP contribution in [0, 0.1) is 5.82 Å². The number of sulfonamides is 1. The highest BCUT2D eigenvalue weighted by Gasteiger charge is 2.19. The number of hydrogen-bond donors (Lipinski definition) is 2. The third kappa shape index (κ3) is 4.13. The second kappa shape index (κ2) is 6.74. The summed E-state index contributed by atoms with van der Waals surface area (Å²) in [7, 11) is -4.24. The topological polar surface area (TPSA) is 111 Å². The maximum Gasteiger partial charge on any atom is 0.387 e. The average molecular weight is 361 g/mol. The molecule has 128 valence electrons. The molecule has 1 heterocycles. The van der Waals surface area contributed by atoms with E-state index < -0.39 is 39.0 Å². The highest BCUT2D eigenvalue weighted by atomic mass is 32.2. The van der Waals surface area contributed by atoms with Crippen molar-refractivity contribution in [2.75, 3.05) is 4.72 Å². The predicted molar refractivity (Wildman–Crippen MR) is 76.6 cm³/mol. The molecule has 1 aromatic carbocycles. The summed E-state index contributed by atoms with van der Waals surface area (Å²) in [6, 6.07) is 4.58. The standard InChI is InChI=1S/C13H10F3N3O4S/c14-9-3-2-8(5-10(9)23-13(15)16)24(21,22)19-11-4-1-7(6-18-11)12(17)20/h1-6,13H,(H2,17,20)(H,18,19). The van der Waals surface area contributed by atoms with Gasteiger partial charge in [0.25, 0.3) is 10.0 Å². The number of aromatic nitrogens is 1. The lowest BCUT2D eigenvalue weighted by molar-refractivity contribution is -0.0523. The molecule has 11 heteroatoms. The van der Waals surface area contributed by atoms with Gasteiger partial charge in [-0.15, -0.1) is 0 Å². The van der Waals surface area contributed by atoms with Gasteiger partial charge in [-0.25, -0.2) is 17.8 Å². The number of alkyl halides is 2. The van der Waals surface area contributed by atoms with E-state index >= 15 is 0 Å². The zero-order chi connectivity index (χ0) is 17.9. The normalized spacial score (nSPS) is 11.3. The minimum absolute atomic E-state index is 0.0624. The second-order valence-corrected chi connectivity index (χ2v) is 6.05. The van der Waals surface area contributed by atoms with E-state index in [4.69, 9.17) is 5.73 Å². The van der Waals surface area contributed by atoms with E-state index in [2.05, 4.69) is 9.72 Å².